The molecule has 1 rings (SSSR count). The Kier molecular flexibility index (Phi) is 5.24. The first-order chi connectivity index (χ1) is 9.03. The highest BCUT2D eigenvalue weighted by Gasteiger charge is 2.18. The molecule has 0 N–H and O–H groups in total. The predicted octanol–water partition coefficient (Wildman–Crippen LogP) is 0.885. The molecule has 0 bridgehead atoms. The molecule has 1 amide bonds. The second-order valence-corrected chi connectivity index (χ2v) is 4.25. The molecule has 0 aliphatic heterocycles. The van der Waals surface area contributed by atoms with Crippen molar-refractivity contribution in [1.82, 2.24) is 14.7 Å². The van der Waals surface area contributed by atoms with Crippen LogP contribution in [-0.4, -0.2) is 33.7 Å². The standard InChI is InChI=1S/C13H18N4O2/c1-4-16(9-10(3)8-14)13(19)11-6-7-12(18)17(5-2)15-11/h6-7,10H,4-5,9H2,1-3H3/t10-/m1/s1. The van der Waals surface area contributed by atoms with Gasteiger partial charge >= 0.3 is 0 Å². The monoisotopic (exact) mass is 262 g/mol. The highest BCUT2D eigenvalue weighted by molar-refractivity contribution is 5.92. The molecule has 6 nitrogen and oxygen atoms in total. The molecule has 0 fully saturated rings. The van der Waals surface area contributed by atoms with Crippen LogP contribution in [0.1, 0.15) is 31.3 Å². The predicted molar refractivity (Wildman–Crippen MR) is 70.5 cm³/mol. The summed E-state index contributed by atoms with van der Waals surface area (Å²) in [7, 11) is 0. The van der Waals surface area contributed by atoms with Gasteiger partial charge in [0.15, 0.2) is 0 Å². The molecule has 1 heterocycles. The van der Waals surface area contributed by atoms with Gasteiger partial charge in [0.2, 0.25) is 0 Å². The van der Waals surface area contributed by atoms with Gasteiger partial charge in [0, 0.05) is 25.7 Å². The summed E-state index contributed by atoms with van der Waals surface area (Å²) in [5, 5.41) is 12.8. The van der Waals surface area contributed by atoms with Gasteiger partial charge in [0.25, 0.3) is 11.5 Å². The molecule has 0 aliphatic carbocycles. The fourth-order valence-electron chi connectivity index (χ4n) is 1.68. The van der Waals surface area contributed by atoms with Crippen molar-refractivity contribution < 1.29 is 4.79 Å². The van der Waals surface area contributed by atoms with Crippen LogP contribution >= 0.6 is 0 Å². The largest absolute Gasteiger partial charge is 0.336 e. The Morgan fingerprint density at radius 2 is 2.21 bits per heavy atom. The molecule has 1 atom stereocenters. The number of carbonyl (C=O) groups is 1. The minimum absolute atomic E-state index is 0.229. The number of aryl methyl sites for hydroxylation is 1. The van der Waals surface area contributed by atoms with E-state index < -0.39 is 0 Å². The molecule has 102 valence electrons. The van der Waals surface area contributed by atoms with Crippen LogP contribution < -0.4 is 5.56 Å². The van der Waals surface area contributed by atoms with Gasteiger partial charge in [-0.1, -0.05) is 0 Å². The van der Waals surface area contributed by atoms with E-state index in [1.807, 2.05) is 6.92 Å². The fraction of sp³-hybridized carbons (Fsp3) is 0.538. The van der Waals surface area contributed by atoms with Crippen LogP contribution in [0.2, 0.25) is 0 Å². The van der Waals surface area contributed by atoms with Gasteiger partial charge in [-0.25, -0.2) is 4.68 Å². The van der Waals surface area contributed by atoms with E-state index >= 15 is 0 Å². The highest BCUT2D eigenvalue weighted by Crippen LogP contribution is 2.04. The maximum atomic E-state index is 12.2. The zero-order chi connectivity index (χ0) is 14.4. The molecule has 0 unspecified atom stereocenters. The van der Waals surface area contributed by atoms with E-state index in [2.05, 4.69) is 11.2 Å². The van der Waals surface area contributed by atoms with Crippen LogP contribution in [0.3, 0.4) is 0 Å². The fourth-order valence-corrected chi connectivity index (χ4v) is 1.68. The van der Waals surface area contributed by atoms with Crippen molar-refractivity contribution in [3.05, 3.63) is 28.2 Å². The second kappa shape index (κ2) is 6.69. The van der Waals surface area contributed by atoms with Crippen LogP contribution in [0.15, 0.2) is 16.9 Å². The van der Waals surface area contributed by atoms with Crippen molar-refractivity contribution in [2.75, 3.05) is 13.1 Å². The van der Waals surface area contributed by atoms with Crippen molar-refractivity contribution in [2.24, 2.45) is 5.92 Å². The smallest absolute Gasteiger partial charge is 0.274 e. The van der Waals surface area contributed by atoms with Crippen LogP contribution in [0.4, 0.5) is 0 Å². The van der Waals surface area contributed by atoms with Crippen molar-refractivity contribution in [1.29, 1.82) is 5.26 Å². The summed E-state index contributed by atoms with van der Waals surface area (Å²) in [6.07, 6.45) is 0. The van der Waals surface area contributed by atoms with Crippen LogP contribution in [0.5, 0.6) is 0 Å². The summed E-state index contributed by atoms with van der Waals surface area (Å²) in [6, 6.07) is 4.86. The van der Waals surface area contributed by atoms with E-state index in [1.54, 1.807) is 18.7 Å². The Labute approximate surface area is 112 Å². The zero-order valence-corrected chi connectivity index (χ0v) is 11.5. The Morgan fingerprint density at radius 1 is 1.53 bits per heavy atom. The van der Waals surface area contributed by atoms with Gasteiger partial charge in [-0.3, -0.25) is 9.59 Å². The van der Waals surface area contributed by atoms with E-state index in [1.165, 1.54) is 16.8 Å². The lowest BCUT2D eigenvalue weighted by Gasteiger charge is -2.21. The molecule has 0 spiro atoms. The van der Waals surface area contributed by atoms with Gasteiger partial charge in [-0.2, -0.15) is 10.4 Å². The number of nitriles is 1. The molecule has 6 heteroatoms. The zero-order valence-electron chi connectivity index (χ0n) is 11.5. The molecule has 0 saturated carbocycles. The number of hydrogen-bond acceptors (Lipinski definition) is 4. The summed E-state index contributed by atoms with van der Waals surface area (Å²) in [4.78, 5) is 25.2. The number of aromatic nitrogens is 2. The third kappa shape index (κ3) is 3.65. The molecule has 0 radical (unpaired) electrons. The Balaban J connectivity index is 2.98. The molecule has 19 heavy (non-hydrogen) atoms. The average Bonchev–Trinajstić information content (AvgIpc) is 2.44. The third-order valence-corrected chi connectivity index (χ3v) is 2.77. The van der Waals surface area contributed by atoms with Crippen LogP contribution in [0.25, 0.3) is 0 Å². The Hall–Kier alpha value is -2.16. The highest BCUT2D eigenvalue weighted by atomic mass is 16.2. The first kappa shape index (κ1) is 14.9. The van der Waals surface area contributed by atoms with Crippen LogP contribution in [-0.2, 0) is 6.54 Å². The molecule has 0 saturated heterocycles. The summed E-state index contributed by atoms with van der Waals surface area (Å²) in [5.41, 5.74) is 0.000862. The van der Waals surface area contributed by atoms with Crippen molar-refractivity contribution in [3.63, 3.8) is 0 Å². The summed E-state index contributed by atoms with van der Waals surface area (Å²) < 4.78 is 1.24. The molecular weight excluding hydrogens is 244 g/mol. The molecular formula is C13H18N4O2. The van der Waals surface area contributed by atoms with E-state index in [9.17, 15) is 9.59 Å². The molecule has 0 aliphatic rings. The molecule has 1 aromatic heterocycles. The molecule has 0 aromatic carbocycles. The topological polar surface area (TPSA) is 79.0 Å². The maximum Gasteiger partial charge on any atom is 0.274 e. The molecule has 1 aromatic rings. The second-order valence-electron chi connectivity index (χ2n) is 4.25. The number of rotatable bonds is 5. The summed E-state index contributed by atoms with van der Waals surface area (Å²) in [6.45, 7) is 6.67. The Bertz CT molecular complexity index is 544. The van der Waals surface area contributed by atoms with Gasteiger partial charge in [0.05, 0.1) is 12.0 Å². The van der Waals surface area contributed by atoms with E-state index in [0.29, 0.717) is 19.6 Å². The van der Waals surface area contributed by atoms with E-state index in [4.69, 9.17) is 5.26 Å². The Morgan fingerprint density at radius 3 is 2.74 bits per heavy atom. The maximum absolute atomic E-state index is 12.2. The SMILES string of the molecule is CCN(C[C@H](C)C#N)C(=O)c1ccc(=O)n(CC)n1. The summed E-state index contributed by atoms with van der Waals surface area (Å²) >= 11 is 0. The normalized spacial score (nSPS) is 11.7. The number of carbonyl (C=O) groups excluding carboxylic acids is 1. The minimum Gasteiger partial charge on any atom is -0.336 e. The van der Waals surface area contributed by atoms with Gasteiger partial charge in [-0.15, -0.1) is 0 Å². The average molecular weight is 262 g/mol. The van der Waals surface area contributed by atoms with E-state index in [0.717, 1.165) is 0 Å². The lowest BCUT2D eigenvalue weighted by atomic mass is 10.2. The van der Waals surface area contributed by atoms with Crippen molar-refractivity contribution >= 4 is 5.91 Å². The quantitative estimate of drug-likeness (QED) is 0.789. The van der Waals surface area contributed by atoms with Gasteiger partial charge in [0.1, 0.15) is 5.69 Å². The number of amides is 1. The lowest BCUT2D eigenvalue weighted by molar-refractivity contribution is 0.0744. The van der Waals surface area contributed by atoms with E-state index in [-0.39, 0.29) is 23.1 Å². The van der Waals surface area contributed by atoms with Crippen LogP contribution in [0, 0.1) is 17.2 Å². The number of hydrogen-bond donors (Lipinski definition) is 0. The van der Waals surface area contributed by atoms with Crippen molar-refractivity contribution in [3.8, 4) is 6.07 Å². The first-order valence-corrected chi connectivity index (χ1v) is 6.30. The van der Waals surface area contributed by atoms with Gasteiger partial charge in [-0.05, 0) is 26.8 Å². The minimum atomic E-state index is -0.258. The summed E-state index contributed by atoms with van der Waals surface area (Å²) in [5.74, 6) is -0.493. The lowest BCUT2D eigenvalue weighted by Crippen LogP contribution is -2.36. The first-order valence-electron chi connectivity index (χ1n) is 6.30. The number of nitrogens with zero attached hydrogens (tertiary/aromatic N) is 4. The van der Waals surface area contributed by atoms with Gasteiger partial charge < -0.3 is 4.90 Å². The third-order valence-electron chi connectivity index (χ3n) is 2.77. The van der Waals surface area contributed by atoms with Crippen molar-refractivity contribution in [2.45, 2.75) is 27.3 Å².